The van der Waals surface area contributed by atoms with Crippen molar-refractivity contribution in [1.82, 2.24) is 0 Å². The van der Waals surface area contributed by atoms with Gasteiger partial charge in [-0.25, -0.2) is 0 Å². The molecule has 1 nitrogen and oxygen atoms in total. The second kappa shape index (κ2) is 8.97. The van der Waals surface area contributed by atoms with E-state index in [0.717, 1.165) is 6.42 Å². The molecule has 0 saturated carbocycles. The smallest absolute Gasteiger partial charge is 0.142 e. The maximum Gasteiger partial charge on any atom is 0.142 e. The Morgan fingerprint density at radius 2 is 1.69 bits per heavy atom. The SMILES string of the molecule is CCCCCCCCC(I)C(C)=O. The number of rotatable bonds is 8. The molecule has 1 unspecified atom stereocenters. The van der Waals surface area contributed by atoms with Crippen LogP contribution >= 0.6 is 22.6 Å². The number of carbonyl (C=O) groups excluding carboxylic acids is 1. The van der Waals surface area contributed by atoms with Crippen LogP contribution in [0.25, 0.3) is 0 Å². The molecule has 2 heteroatoms. The Hall–Kier alpha value is 0.400. The maximum atomic E-state index is 10.9. The average molecular weight is 296 g/mol. The number of alkyl halides is 1. The van der Waals surface area contributed by atoms with E-state index in [1.807, 2.05) is 0 Å². The summed E-state index contributed by atoms with van der Waals surface area (Å²) in [7, 11) is 0. The van der Waals surface area contributed by atoms with Gasteiger partial charge in [-0.1, -0.05) is 68.0 Å². The number of ketones is 1. The first-order valence-corrected chi connectivity index (χ1v) is 6.57. The predicted octanol–water partition coefficient (Wildman–Crippen LogP) is 4.13. The minimum absolute atomic E-state index is 0.253. The van der Waals surface area contributed by atoms with Gasteiger partial charge in [-0.2, -0.15) is 0 Å². The van der Waals surface area contributed by atoms with Gasteiger partial charge in [0, 0.05) is 0 Å². The molecule has 78 valence electrons. The van der Waals surface area contributed by atoms with E-state index in [1.165, 1.54) is 38.5 Å². The minimum atomic E-state index is 0.253. The molecule has 0 aromatic carbocycles. The van der Waals surface area contributed by atoms with E-state index >= 15 is 0 Å². The van der Waals surface area contributed by atoms with Gasteiger partial charge in [-0.15, -0.1) is 0 Å². The zero-order valence-electron chi connectivity index (χ0n) is 8.81. The molecular weight excluding hydrogens is 275 g/mol. The van der Waals surface area contributed by atoms with E-state index in [-0.39, 0.29) is 3.92 Å². The van der Waals surface area contributed by atoms with Crippen LogP contribution < -0.4 is 0 Å². The van der Waals surface area contributed by atoms with Crippen LogP contribution in [0.2, 0.25) is 0 Å². The number of hydrogen-bond donors (Lipinski definition) is 0. The first-order valence-electron chi connectivity index (χ1n) is 5.33. The fourth-order valence-corrected chi connectivity index (χ4v) is 1.75. The molecular formula is C11H21IO. The highest BCUT2D eigenvalue weighted by Crippen LogP contribution is 2.14. The summed E-state index contributed by atoms with van der Waals surface area (Å²) in [6.07, 6.45) is 8.96. The Balaban J connectivity index is 3.11. The summed E-state index contributed by atoms with van der Waals surface area (Å²) < 4.78 is 0.253. The molecule has 0 aromatic rings. The molecule has 0 spiro atoms. The van der Waals surface area contributed by atoms with Crippen LogP contribution in [0.4, 0.5) is 0 Å². The molecule has 0 aromatic heterocycles. The fourth-order valence-electron chi connectivity index (χ4n) is 1.31. The first-order chi connectivity index (χ1) is 6.18. The number of Topliss-reactive ketones (excluding diaryl/α,β-unsaturated/α-hetero) is 1. The molecule has 0 radical (unpaired) electrons. The third kappa shape index (κ3) is 8.72. The van der Waals surface area contributed by atoms with Crippen LogP contribution in [0.1, 0.15) is 58.8 Å². The van der Waals surface area contributed by atoms with Gasteiger partial charge in [0.15, 0.2) is 0 Å². The Labute approximate surface area is 95.8 Å². The molecule has 0 aliphatic rings. The number of unbranched alkanes of at least 4 members (excludes halogenated alkanes) is 5. The van der Waals surface area contributed by atoms with E-state index in [1.54, 1.807) is 6.92 Å². The Morgan fingerprint density at radius 3 is 2.23 bits per heavy atom. The Bertz CT molecular complexity index is 134. The lowest BCUT2D eigenvalue weighted by molar-refractivity contribution is -0.116. The van der Waals surface area contributed by atoms with Crippen molar-refractivity contribution in [2.75, 3.05) is 0 Å². The number of hydrogen-bond acceptors (Lipinski definition) is 1. The van der Waals surface area contributed by atoms with Crippen molar-refractivity contribution in [3.63, 3.8) is 0 Å². The van der Waals surface area contributed by atoms with E-state index in [2.05, 4.69) is 29.5 Å². The van der Waals surface area contributed by atoms with Crippen LogP contribution in [-0.4, -0.2) is 9.71 Å². The topological polar surface area (TPSA) is 17.1 Å². The zero-order chi connectivity index (χ0) is 10.1. The van der Waals surface area contributed by atoms with Gasteiger partial charge in [0.1, 0.15) is 5.78 Å². The van der Waals surface area contributed by atoms with Crippen molar-refractivity contribution in [1.29, 1.82) is 0 Å². The molecule has 0 rings (SSSR count). The van der Waals surface area contributed by atoms with E-state index in [0.29, 0.717) is 5.78 Å². The van der Waals surface area contributed by atoms with E-state index < -0.39 is 0 Å². The van der Waals surface area contributed by atoms with Crippen LogP contribution in [0.15, 0.2) is 0 Å². The van der Waals surface area contributed by atoms with Crippen molar-refractivity contribution in [3.8, 4) is 0 Å². The van der Waals surface area contributed by atoms with Gasteiger partial charge < -0.3 is 0 Å². The van der Waals surface area contributed by atoms with Gasteiger partial charge in [0.25, 0.3) is 0 Å². The number of carbonyl (C=O) groups is 1. The van der Waals surface area contributed by atoms with E-state index in [9.17, 15) is 4.79 Å². The van der Waals surface area contributed by atoms with Crippen molar-refractivity contribution in [2.24, 2.45) is 0 Å². The van der Waals surface area contributed by atoms with Crippen molar-refractivity contribution in [3.05, 3.63) is 0 Å². The molecule has 0 N–H and O–H groups in total. The summed E-state index contributed by atoms with van der Waals surface area (Å²) in [4.78, 5) is 10.9. The van der Waals surface area contributed by atoms with Crippen molar-refractivity contribution in [2.45, 2.75) is 62.7 Å². The summed E-state index contributed by atoms with van der Waals surface area (Å²) >= 11 is 2.25. The molecule has 0 saturated heterocycles. The van der Waals surface area contributed by atoms with Crippen molar-refractivity contribution >= 4 is 28.4 Å². The third-order valence-corrected chi connectivity index (χ3v) is 3.75. The molecule has 0 amide bonds. The molecule has 1 atom stereocenters. The molecule has 0 aliphatic carbocycles. The molecule has 0 heterocycles. The summed E-state index contributed by atoms with van der Waals surface area (Å²) in [6, 6.07) is 0. The minimum Gasteiger partial charge on any atom is -0.299 e. The average Bonchev–Trinajstić information content (AvgIpc) is 2.10. The van der Waals surface area contributed by atoms with E-state index in [4.69, 9.17) is 0 Å². The lowest BCUT2D eigenvalue weighted by atomic mass is 10.1. The zero-order valence-corrected chi connectivity index (χ0v) is 11.0. The largest absolute Gasteiger partial charge is 0.299 e. The lowest BCUT2D eigenvalue weighted by Crippen LogP contribution is -2.08. The molecule has 0 bridgehead atoms. The van der Waals surface area contributed by atoms with Crippen LogP contribution in [0, 0.1) is 0 Å². The standard InChI is InChI=1S/C11H21IO/c1-3-4-5-6-7-8-9-11(12)10(2)13/h11H,3-9H2,1-2H3. The first kappa shape index (κ1) is 13.4. The van der Waals surface area contributed by atoms with Crippen LogP contribution in [0.5, 0.6) is 0 Å². The molecule has 13 heavy (non-hydrogen) atoms. The van der Waals surface area contributed by atoms with Gasteiger partial charge >= 0.3 is 0 Å². The van der Waals surface area contributed by atoms with Gasteiger partial charge in [-0.05, 0) is 13.3 Å². The summed E-state index contributed by atoms with van der Waals surface area (Å²) in [5.41, 5.74) is 0. The summed E-state index contributed by atoms with van der Waals surface area (Å²) in [6.45, 7) is 3.92. The highest BCUT2D eigenvalue weighted by Gasteiger charge is 2.07. The monoisotopic (exact) mass is 296 g/mol. The number of halogens is 1. The predicted molar refractivity (Wildman–Crippen MR) is 66.5 cm³/mol. The highest BCUT2D eigenvalue weighted by atomic mass is 127. The lowest BCUT2D eigenvalue weighted by Gasteiger charge is -2.04. The summed E-state index contributed by atoms with van der Waals surface area (Å²) in [5, 5.41) is 0. The van der Waals surface area contributed by atoms with Gasteiger partial charge in [0.05, 0.1) is 3.92 Å². The van der Waals surface area contributed by atoms with Crippen LogP contribution in [-0.2, 0) is 4.79 Å². The second-order valence-electron chi connectivity index (χ2n) is 3.63. The Kier molecular flexibility index (Phi) is 9.25. The highest BCUT2D eigenvalue weighted by molar-refractivity contribution is 14.1. The molecule has 0 fully saturated rings. The van der Waals surface area contributed by atoms with Gasteiger partial charge in [0.2, 0.25) is 0 Å². The summed E-state index contributed by atoms with van der Waals surface area (Å²) in [5.74, 6) is 0.328. The van der Waals surface area contributed by atoms with Gasteiger partial charge in [-0.3, -0.25) is 4.79 Å². The Morgan fingerprint density at radius 1 is 1.15 bits per heavy atom. The third-order valence-electron chi connectivity index (χ3n) is 2.25. The van der Waals surface area contributed by atoms with Crippen LogP contribution in [0.3, 0.4) is 0 Å². The normalized spacial score (nSPS) is 12.8. The molecule has 0 aliphatic heterocycles. The quantitative estimate of drug-likeness (QED) is 0.374. The van der Waals surface area contributed by atoms with Crippen molar-refractivity contribution < 1.29 is 4.79 Å². The fraction of sp³-hybridized carbons (Fsp3) is 0.909. The maximum absolute atomic E-state index is 10.9. The second-order valence-corrected chi connectivity index (χ2v) is 5.14.